The van der Waals surface area contributed by atoms with Crippen LogP contribution in [0.1, 0.15) is 25.1 Å². The van der Waals surface area contributed by atoms with Crippen LogP contribution in [0.25, 0.3) is 5.69 Å². The lowest BCUT2D eigenvalue weighted by atomic mass is 10.1. The molecule has 102 valence electrons. The summed E-state index contributed by atoms with van der Waals surface area (Å²) in [5, 5.41) is 4.63. The summed E-state index contributed by atoms with van der Waals surface area (Å²) in [6.45, 7) is 5.52. The highest BCUT2D eigenvalue weighted by molar-refractivity contribution is 5.50. The van der Waals surface area contributed by atoms with E-state index in [0.29, 0.717) is 6.61 Å². The van der Waals surface area contributed by atoms with E-state index < -0.39 is 0 Å². The normalized spacial score (nSPS) is 10.8. The fraction of sp³-hybridized carbons (Fsp3) is 0.400. The van der Waals surface area contributed by atoms with E-state index in [2.05, 4.69) is 12.0 Å². The van der Waals surface area contributed by atoms with E-state index >= 15 is 0 Å². The van der Waals surface area contributed by atoms with E-state index in [0.717, 1.165) is 42.2 Å². The van der Waals surface area contributed by atoms with Crippen molar-refractivity contribution >= 4 is 5.82 Å². The first-order valence-corrected chi connectivity index (χ1v) is 6.77. The lowest BCUT2D eigenvalue weighted by Gasteiger charge is -2.03. The maximum Gasteiger partial charge on any atom is 0.130 e. The maximum atomic E-state index is 6.21. The van der Waals surface area contributed by atoms with Crippen LogP contribution in [0.15, 0.2) is 30.3 Å². The molecular formula is C15H21N3O. The summed E-state index contributed by atoms with van der Waals surface area (Å²) >= 11 is 0. The van der Waals surface area contributed by atoms with Crippen LogP contribution in [0.2, 0.25) is 0 Å². The Morgan fingerprint density at radius 3 is 2.58 bits per heavy atom. The molecule has 2 rings (SSSR count). The van der Waals surface area contributed by atoms with Gasteiger partial charge in [0.1, 0.15) is 5.82 Å². The highest BCUT2D eigenvalue weighted by Gasteiger charge is 2.14. The Kier molecular flexibility index (Phi) is 4.58. The molecule has 0 saturated heterocycles. The number of nitrogens with two attached hydrogens (primary N) is 1. The van der Waals surface area contributed by atoms with Crippen LogP contribution in [0.5, 0.6) is 0 Å². The Labute approximate surface area is 114 Å². The maximum absolute atomic E-state index is 6.21. The molecule has 0 aliphatic heterocycles. The van der Waals surface area contributed by atoms with Gasteiger partial charge in [0.25, 0.3) is 0 Å². The van der Waals surface area contributed by atoms with E-state index in [-0.39, 0.29) is 0 Å². The van der Waals surface area contributed by atoms with Crippen molar-refractivity contribution < 1.29 is 4.74 Å². The fourth-order valence-electron chi connectivity index (χ4n) is 2.18. The van der Waals surface area contributed by atoms with Gasteiger partial charge in [-0.2, -0.15) is 5.10 Å². The van der Waals surface area contributed by atoms with Gasteiger partial charge in [0.15, 0.2) is 0 Å². The van der Waals surface area contributed by atoms with Crippen molar-refractivity contribution in [3.8, 4) is 5.69 Å². The van der Waals surface area contributed by atoms with E-state index in [9.17, 15) is 0 Å². The Bertz CT molecular complexity index is 520. The number of aromatic nitrogens is 2. The van der Waals surface area contributed by atoms with E-state index in [1.54, 1.807) is 0 Å². The second-order valence-electron chi connectivity index (χ2n) is 4.36. The van der Waals surface area contributed by atoms with Gasteiger partial charge >= 0.3 is 0 Å². The highest BCUT2D eigenvalue weighted by atomic mass is 16.5. The number of anilines is 1. The molecule has 1 heterocycles. The van der Waals surface area contributed by atoms with Crippen molar-refractivity contribution in [1.82, 2.24) is 9.78 Å². The van der Waals surface area contributed by atoms with Gasteiger partial charge < -0.3 is 10.5 Å². The number of benzene rings is 1. The molecular weight excluding hydrogens is 238 g/mol. The van der Waals surface area contributed by atoms with E-state index in [4.69, 9.17) is 10.5 Å². The number of nitrogens with zero attached hydrogens (tertiary/aromatic N) is 2. The molecule has 1 aromatic heterocycles. The van der Waals surface area contributed by atoms with Crippen molar-refractivity contribution in [2.24, 2.45) is 0 Å². The molecule has 0 atom stereocenters. The third kappa shape index (κ3) is 2.96. The highest BCUT2D eigenvalue weighted by Crippen LogP contribution is 2.22. The van der Waals surface area contributed by atoms with E-state index in [1.807, 2.05) is 41.9 Å². The van der Waals surface area contributed by atoms with Crippen LogP contribution >= 0.6 is 0 Å². The predicted molar refractivity (Wildman–Crippen MR) is 77.6 cm³/mol. The molecule has 4 nitrogen and oxygen atoms in total. The third-order valence-corrected chi connectivity index (χ3v) is 3.15. The zero-order valence-electron chi connectivity index (χ0n) is 11.6. The number of hydrogen-bond donors (Lipinski definition) is 1. The van der Waals surface area contributed by atoms with Crippen molar-refractivity contribution in [3.63, 3.8) is 0 Å². The van der Waals surface area contributed by atoms with Crippen LogP contribution < -0.4 is 5.73 Å². The summed E-state index contributed by atoms with van der Waals surface area (Å²) in [5.74, 6) is 0.736. The van der Waals surface area contributed by atoms with Crippen molar-refractivity contribution in [2.45, 2.75) is 26.7 Å². The van der Waals surface area contributed by atoms with Crippen LogP contribution in [0, 0.1) is 0 Å². The molecule has 0 fully saturated rings. The predicted octanol–water partition coefficient (Wildman–Crippen LogP) is 2.60. The molecule has 2 aromatic rings. The zero-order chi connectivity index (χ0) is 13.7. The van der Waals surface area contributed by atoms with E-state index in [1.165, 1.54) is 0 Å². The van der Waals surface area contributed by atoms with Crippen LogP contribution in [-0.2, 0) is 17.6 Å². The minimum absolute atomic E-state index is 0.689. The molecule has 0 radical (unpaired) electrons. The Morgan fingerprint density at radius 2 is 1.95 bits per heavy atom. The molecule has 0 aliphatic carbocycles. The first-order chi connectivity index (χ1) is 9.27. The quantitative estimate of drug-likeness (QED) is 0.811. The van der Waals surface area contributed by atoms with Crippen molar-refractivity contribution in [3.05, 3.63) is 41.6 Å². The molecule has 0 saturated carbocycles. The molecule has 0 bridgehead atoms. The lowest BCUT2D eigenvalue weighted by molar-refractivity contribution is 0.150. The average Bonchev–Trinajstić information content (AvgIpc) is 2.76. The van der Waals surface area contributed by atoms with Gasteiger partial charge in [-0.15, -0.1) is 0 Å². The average molecular weight is 259 g/mol. The standard InChI is InChI=1S/C15H21N3O/c1-3-13-14(10-11-19-4-2)17-18(15(13)16)12-8-6-5-7-9-12/h5-9H,3-4,10-11,16H2,1-2H3. The molecule has 1 aromatic carbocycles. The van der Waals surface area contributed by atoms with Crippen molar-refractivity contribution in [2.75, 3.05) is 18.9 Å². The van der Waals surface area contributed by atoms with Crippen LogP contribution in [0.4, 0.5) is 5.82 Å². The van der Waals surface area contributed by atoms with Crippen LogP contribution in [0.3, 0.4) is 0 Å². The number of ether oxygens (including phenoxy) is 1. The minimum Gasteiger partial charge on any atom is -0.383 e. The van der Waals surface area contributed by atoms with Gasteiger partial charge in [0.05, 0.1) is 18.0 Å². The first-order valence-electron chi connectivity index (χ1n) is 6.77. The summed E-state index contributed by atoms with van der Waals surface area (Å²) < 4.78 is 7.22. The molecule has 2 N–H and O–H groups in total. The topological polar surface area (TPSA) is 53.1 Å². The van der Waals surface area contributed by atoms with Gasteiger partial charge in [0.2, 0.25) is 0 Å². The van der Waals surface area contributed by atoms with Gasteiger partial charge in [-0.3, -0.25) is 0 Å². The van der Waals surface area contributed by atoms with Gasteiger partial charge in [0, 0.05) is 18.6 Å². The smallest absolute Gasteiger partial charge is 0.130 e. The molecule has 0 aliphatic rings. The van der Waals surface area contributed by atoms with Crippen LogP contribution in [-0.4, -0.2) is 23.0 Å². The number of para-hydroxylation sites is 1. The fourth-order valence-corrected chi connectivity index (χ4v) is 2.18. The van der Waals surface area contributed by atoms with Crippen molar-refractivity contribution in [1.29, 1.82) is 0 Å². The first kappa shape index (κ1) is 13.6. The number of hydrogen-bond acceptors (Lipinski definition) is 3. The SMILES string of the molecule is CCOCCc1nn(-c2ccccc2)c(N)c1CC. The molecule has 0 amide bonds. The summed E-state index contributed by atoms with van der Waals surface area (Å²) in [6, 6.07) is 9.98. The second-order valence-corrected chi connectivity index (χ2v) is 4.36. The molecule has 19 heavy (non-hydrogen) atoms. The lowest BCUT2D eigenvalue weighted by Crippen LogP contribution is -2.02. The van der Waals surface area contributed by atoms with Gasteiger partial charge in [-0.25, -0.2) is 4.68 Å². The monoisotopic (exact) mass is 259 g/mol. The Balaban J connectivity index is 2.30. The Morgan fingerprint density at radius 1 is 1.21 bits per heavy atom. The number of rotatable bonds is 6. The second kappa shape index (κ2) is 6.38. The van der Waals surface area contributed by atoms with Gasteiger partial charge in [-0.1, -0.05) is 25.1 Å². The summed E-state index contributed by atoms with van der Waals surface area (Å²) in [6.07, 6.45) is 1.70. The largest absolute Gasteiger partial charge is 0.383 e. The Hall–Kier alpha value is -1.81. The number of nitrogen functional groups attached to an aromatic ring is 1. The molecule has 0 spiro atoms. The van der Waals surface area contributed by atoms with Gasteiger partial charge in [-0.05, 0) is 25.5 Å². The summed E-state index contributed by atoms with van der Waals surface area (Å²) in [5.41, 5.74) is 9.38. The third-order valence-electron chi connectivity index (χ3n) is 3.15. The molecule has 0 unspecified atom stereocenters. The summed E-state index contributed by atoms with van der Waals surface area (Å²) in [4.78, 5) is 0. The minimum atomic E-state index is 0.689. The zero-order valence-corrected chi connectivity index (χ0v) is 11.6. The molecule has 4 heteroatoms. The summed E-state index contributed by atoms with van der Waals surface area (Å²) in [7, 11) is 0.